The Morgan fingerprint density at radius 1 is 1.39 bits per heavy atom. The van der Waals surface area contributed by atoms with E-state index in [2.05, 4.69) is 21.3 Å². The van der Waals surface area contributed by atoms with Crippen LogP contribution in [0.4, 0.5) is 5.82 Å². The van der Waals surface area contributed by atoms with Crippen molar-refractivity contribution in [3.8, 4) is 6.07 Å². The first-order valence-corrected chi connectivity index (χ1v) is 7.68. The van der Waals surface area contributed by atoms with Gasteiger partial charge in [0, 0.05) is 25.2 Å². The molecular weight excluding hydrogens is 292 g/mol. The van der Waals surface area contributed by atoms with E-state index in [1.165, 1.54) is 0 Å². The molecule has 0 saturated carbocycles. The fraction of sp³-hybridized carbons (Fsp3) is 0.353. The van der Waals surface area contributed by atoms with Crippen LogP contribution in [0.25, 0.3) is 0 Å². The van der Waals surface area contributed by atoms with Crippen LogP contribution in [0.5, 0.6) is 0 Å². The summed E-state index contributed by atoms with van der Waals surface area (Å²) in [7, 11) is 0. The third-order valence-electron chi connectivity index (χ3n) is 4.09. The number of hydrogen-bond donors (Lipinski definition) is 1. The number of nitrogens with zero attached hydrogens (tertiary/aromatic N) is 3. The van der Waals surface area contributed by atoms with Crippen LogP contribution in [-0.4, -0.2) is 24.0 Å². The molecule has 0 unspecified atom stereocenters. The molecule has 0 atom stereocenters. The Hall–Kier alpha value is -2.81. The molecule has 23 heavy (non-hydrogen) atoms. The zero-order valence-corrected chi connectivity index (χ0v) is 12.7. The van der Waals surface area contributed by atoms with E-state index < -0.39 is 0 Å². The zero-order valence-electron chi connectivity index (χ0n) is 12.7. The Balaban J connectivity index is 1.54. The number of carbonyl (C=O) groups is 1. The number of carbonyl (C=O) groups excluding carboxylic acids is 1. The summed E-state index contributed by atoms with van der Waals surface area (Å²) < 4.78 is 5.21. The Labute approximate surface area is 134 Å². The monoisotopic (exact) mass is 310 g/mol. The maximum atomic E-state index is 12.2. The lowest BCUT2D eigenvalue weighted by molar-refractivity contribution is -0.125. The first kappa shape index (κ1) is 15.1. The molecule has 0 bridgehead atoms. The van der Waals surface area contributed by atoms with Crippen molar-refractivity contribution >= 4 is 11.7 Å². The van der Waals surface area contributed by atoms with E-state index in [1.807, 2.05) is 6.07 Å². The molecular formula is C17H18N4O2. The van der Waals surface area contributed by atoms with Gasteiger partial charge in [0.25, 0.3) is 0 Å². The van der Waals surface area contributed by atoms with Gasteiger partial charge < -0.3 is 14.6 Å². The molecule has 1 saturated heterocycles. The predicted molar refractivity (Wildman–Crippen MR) is 84.4 cm³/mol. The molecule has 6 nitrogen and oxygen atoms in total. The molecule has 1 amide bonds. The van der Waals surface area contributed by atoms with Crippen molar-refractivity contribution in [1.82, 2.24) is 10.3 Å². The number of anilines is 1. The summed E-state index contributed by atoms with van der Waals surface area (Å²) in [6.45, 7) is 1.87. The fourth-order valence-electron chi connectivity index (χ4n) is 2.82. The second-order valence-electron chi connectivity index (χ2n) is 5.54. The first-order valence-electron chi connectivity index (χ1n) is 7.68. The molecule has 0 aromatic carbocycles. The minimum Gasteiger partial charge on any atom is -0.467 e. The lowest BCUT2D eigenvalue weighted by Crippen LogP contribution is -2.40. The topological polar surface area (TPSA) is 82.2 Å². The van der Waals surface area contributed by atoms with E-state index in [0.717, 1.165) is 31.7 Å². The molecule has 2 aromatic rings. The summed E-state index contributed by atoms with van der Waals surface area (Å²) in [6, 6.07) is 9.34. The highest BCUT2D eigenvalue weighted by molar-refractivity contribution is 5.79. The van der Waals surface area contributed by atoms with Gasteiger partial charge in [-0.05, 0) is 37.1 Å². The minimum atomic E-state index is -0.00420. The molecule has 1 aliphatic heterocycles. The molecule has 1 fully saturated rings. The van der Waals surface area contributed by atoms with Crippen molar-refractivity contribution in [2.75, 3.05) is 18.0 Å². The quantitative estimate of drug-likeness (QED) is 0.935. The highest BCUT2D eigenvalue weighted by Gasteiger charge is 2.26. The van der Waals surface area contributed by atoms with Crippen molar-refractivity contribution in [3.05, 3.63) is 48.0 Å². The molecule has 3 heterocycles. The second-order valence-corrected chi connectivity index (χ2v) is 5.54. The molecule has 0 spiro atoms. The average molecular weight is 310 g/mol. The summed E-state index contributed by atoms with van der Waals surface area (Å²) in [4.78, 5) is 18.6. The highest BCUT2D eigenvalue weighted by atomic mass is 16.3. The van der Waals surface area contributed by atoms with Crippen molar-refractivity contribution in [2.24, 2.45) is 5.92 Å². The maximum Gasteiger partial charge on any atom is 0.223 e. The van der Waals surface area contributed by atoms with Crippen molar-refractivity contribution < 1.29 is 9.21 Å². The predicted octanol–water partition coefficient (Wildman–Crippen LogP) is 2.08. The molecule has 6 heteroatoms. The molecule has 0 aliphatic carbocycles. The van der Waals surface area contributed by atoms with Gasteiger partial charge in [0.2, 0.25) is 5.91 Å². The molecule has 0 radical (unpaired) electrons. The second kappa shape index (κ2) is 6.97. The summed E-state index contributed by atoms with van der Waals surface area (Å²) in [6.07, 6.45) is 4.80. The lowest BCUT2D eigenvalue weighted by atomic mass is 9.95. The van der Waals surface area contributed by atoms with Crippen molar-refractivity contribution in [2.45, 2.75) is 19.4 Å². The van der Waals surface area contributed by atoms with Crippen LogP contribution < -0.4 is 10.2 Å². The average Bonchev–Trinajstić information content (AvgIpc) is 3.13. The zero-order chi connectivity index (χ0) is 16.1. The molecule has 3 rings (SSSR count). The number of aromatic nitrogens is 1. The Morgan fingerprint density at radius 3 is 2.91 bits per heavy atom. The third kappa shape index (κ3) is 3.51. The summed E-state index contributed by atoms with van der Waals surface area (Å²) in [5.41, 5.74) is 0.577. The van der Waals surface area contributed by atoms with Gasteiger partial charge in [0.05, 0.1) is 18.4 Å². The van der Waals surface area contributed by atoms with E-state index in [9.17, 15) is 4.79 Å². The van der Waals surface area contributed by atoms with E-state index in [4.69, 9.17) is 9.68 Å². The number of hydrogen-bond acceptors (Lipinski definition) is 5. The summed E-state index contributed by atoms with van der Waals surface area (Å²) >= 11 is 0. The number of nitriles is 1. The molecule has 1 N–H and O–H groups in total. The van der Waals surface area contributed by atoms with Gasteiger partial charge in [-0.1, -0.05) is 0 Å². The largest absolute Gasteiger partial charge is 0.467 e. The van der Waals surface area contributed by atoms with Gasteiger partial charge in [-0.15, -0.1) is 0 Å². The first-order chi connectivity index (χ1) is 11.3. The van der Waals surface area contributed by atoms with Crippen LogP contribution in [0.15, 0.2) is 41.1 Å². The smallest absolute Gasteiger partial charge is 0.223 e. The summed E-state index contributed by atoms with van der Waals surface area (Å²) in [5.74, 6) is 1.52. The molecule has 2 aromatic heterocycles. The van der Waals surface area contributed by atoms with Crippen LogP contribution in [0.1, 0.15) is 24.2 Å². The van der Waals surface area contributed by atoms with Crippen molar-refractivity contribution in [3.63, 3.8) is 0 Å². The SMILES string of the molecule is N#Cc1cccnc1N1CCC(C(=O)NCc2ccco2)CC1. The summed E-state index contributed by atoms with van der Waals surface area (Å²) in [5, 5.41) is 12.1. The number of rotatable bonds is 4. The Kier molecular flexibility index (Phi) is 4.57. The third-order valence-corrected chi connectivity index (χ3v) is 4.09. The van der Waals surface area contributed by atoms with Crippen LogP contribution in [0, 0.1) is 17.2 Å². The van der Waals surface area contributed by atoms with Gasteiger partial charge >= 0.3 is 0 Å². The Bertz CT molecular complexity index is 698. The van der Waals surface area contributed by atoms with Crippen molar-refractivity contribution in [1.29, 1.82) is 5.26 Å². The van der Waals surface area contributed by atoms with Gasteiger partial charge in [0.15, 0.2) is 0 Å². The number of nitrogens with one attached hydrogen (secondary N) is 1. The van der Waals surface area contributed by atoms with Crippen LogP contribution in [-0.2, 0) is 11.3 Å². The van der Waals surface area contributed by atoms with E-state index in [0.29, 0.717) is 17.9 Å². The van der Waals surface area contributed by atoms with Gasteiger partial charge in [-0.2, -0.15) is 5.26 Å². The lowest BCUT2D eigenvalue weighted by Gasteiger charge is -2.32. The maximum absolute atomic E-state index is 12.2. The number of furan rings is 1. The van der Waals surface area contributed by atoms with E-state index >= 15 is 0 Å². The normalized spacial score (nSPS) is 15.2. The van der Waals surface area contributed by atoms with Gasteiger partial charge in [0.1, 0.15) is 17.6 Å². The standard InChI is InChI=1S/C17H18N4O2/c18-11-14-3-1-7-19-16(14)21-8-5-13(6-9-21)17(22)20-12-15-4-2-10-23-15/h1-4,7,10,13H,5-6,8-9,12H2,(H,20,22). The van der Waals surface area contributed by atoms with Crippen LogP contribution >= 0.6 is 0 Å². The number of pyridine rings is 1. The highest BCUT2D eigenvalue weighted by Crippen LogP contribution is 2.24. The minimum absolute atomic E-state index is 0.00420. The van der Waals surface area contributed by atoms with E-state index in [-0.39, 0.29) is 11.8 Å². The van der Waals surface area contributed by atoms with Gasteiger partial charge in [-0.3, -0.25) is 4.79 Å². The number of amides is 1. The Morgan fingerprint density at radius 2 is 2.22 bits per heavy atom. The van der Waals surface area contributed by atoms with Gasteiger partial charge in [-0.25, -0.2) is 4.98 Å². The molecule has 1 aliphatic rings. The fourth-order valence-corrected chi connectivity index (χ4v) is 2.82. The van der Waals surface area contributed by atoms with E-state index in [1.54, 1.807) is 30.7 Å². The van der Waals surface area contributed by atoms with Crippen LogP contribution in [0.2, 0.25) is 0 Å². The van der Waals surface area contributed by atoms with Crippen LogP contribution in [0.3, 0.4) is 0 Å². The number of piperidine rings is 1. The molecule has 118 valence electrons.